The smallest absolute Gasteiger partial charge is 0.173 e. The molecule has 3 aliphatic rings. The summed E-state index contributed by atoms with van der Waals surface area (Å²) in [6.45, 7) is 2.12. The van der Waals surface area contributed by atoms with Gasteiger partial charge in [0.25, 0.3) is 6.08 Å². The van der Waals surface area contributed by atoms with Crippen molar-refractivity contribution < 1.29 is 8.78 Å². The summed E-state index contributed by atoms with van der Waals surface area (Å²) in [7, 11) is 0. The molecule has 2 fully saturated rings. The van der Waals surface area contributed by atoms with Gasteiger partial charge in [-0.1, -0.05) is 25.1 Å². The quantitative estimate of drug-likeness (QED) is 0.607. The predicted molar refractivity (Wildman–Crippen MR) is 83.8 cm³/mol. The average Bonchev–Trinajstić information content (AvgIpc) is 2.94. The van der Waals surface area contributed by atoms with Crippen LogP contribution in [0.5, 0.6) is 0 Å². The Kier molecular flexibility index (Phi) is 3.39. The molecule has 4 atom stereocenters. The van der Waals surface area contributed by atoms with E-state index < -0.39 is 6.08 Å². The fourth-order valence-electron chi connectivity index (χ4n) is 6.02. The van der Waals surface area contributed by atoms with E-state index in [9.17, 15) is 8.78 Å². The van der Waals surface area contributed by atoms with E-state index in [1.807, 2.05) is 6.07 Å². The second-order valence-electron chi connectivity index (χ2n) is 7.37. The topological polar surface area (TPSA) is 0 Å². The highest BCUT2D eigenvalue weighted by atomic mass is 19.3. The van der Waals surface area contributed by atoms with Gasteiger partial charge in [0.2, 0.25) is 0 Å². The summed E-state index contributed by atoms with van der Waals surface area (Å²) in [5, 5.41) is 0. The second-order valence-corrected chi connectivity index (χ2v) is 7.37. The zero-order valence-corrected chi connectivity index (χ0v) is 13.2. The van der Waals surface area contributed by atoms with Crippen molar-refractivity contribution in [3.8, 4) is 0 Å². The van der Waals surface area contributed by atoms with Crippen LogP contribution in [0.4, 0.5) is 8.78 Å². The van der Waals surface area contributed by atoms with E-state index in [0.717, 1.165) is 32.1 Å². The molecule has 0 heterocycles. The summed E-state index contributed by atoms with van der Waals surface area (Å²) < 4.78 is 27.0. The SMILES string of the molecule is CC[C@]12CC[C@@H]3c4cc[c]cc4CC[C@H]3[C@@H]1CCC2=C(F)F. The normalized spacial score (nSPS) is 36.5. The lowest BCUT2D eigenvalue weighted by Crippen LogP contribution is -2.41. The van der Waals surface area contributed by atoms with Crippen molar-refractivity contribution >= 4 is 0 Å². The van der Waals surface area contributed by atoms with Crippen LogP contribution in [0.15, 0.2) is 29.9 Å². The zero-order chi connectivity index (χ0) is 15.3. The maximum absolute atomic E-state index is 13.5. The molecule has 0 bridgehead atoms. The number of hydrogen-bond donors (Lipinski definition) is 0. The molecule has 3 aliphatic carbocycles. The lowest BCUT2D eigenvalue weighted by molar-refractivity contribution is 0.0610. The first-order valence-electron chi connectivity index (χ1n) is 8.71. The molecular weight excluding hydrogens is 278 g/mol. The van der Waals surface area contributed by atoms with Crippen molar-refractivity contribution in [3.05, 3.63) is 47.0 Å². The minimum absolute atomic E-state index is 0.196. The average molecular weight is 301 g/mol. The Morgan fingerprint density at radius 2 is 2.14 bits per heavy atom. The van der Waals surface area contributed by atoms with Crippen molar-refractivity contribution in [2.75, 3.05) is 0 Å². The number of benzene rings is 1. The van der Waals surface area contributed by atoms with Crippen LogP contribution in [0.2, 0.25) is 0 Å². The molecule has 4 rings (SSSR count). The van der Waals surface area contributed by atoms with Gasteiger partial charge in [-0.2, -0.15) is 8.78 Å². The van der Waals surface area contributed by atoms with E-state index in [-0.39, 0.29) is 5.41 Å². The first-order chi connectivity index (χ1) is 10.7. The molecule has 1 radical (unpaired) electrons. The molecule has 0 nitrogen and oxygen atoms in total. The van der Waals surface area contributed by atoms with Gasteiger partial charge in [0.1, 0.15) is 0 Å². The number of halogens is 2. The lowest BCUT2D eigenvalue weighted by atomic mass is 9.54. The van der Waals surface area contributed by atoms with E-state index in [4.69, 9.17) is 0 Å². The second kappa shape index (κ2) is 5.18. The van der Waals surface area contributed by atoms with E-state index in [1.165, 1.54) is 17.5 Å². The maximum Gasteiger partial charge on any atom is 0.270 e. The van der Waals surface area contributed by atoms with Crippen LogP contribution >= 0.6 is 0 Å². The van der Waals surface area contributed by atoms with Gasteiger partial charge in [-0.15, -0.1) is 0 Å². The van der Waals surface area contributed by atoms with E-state index in [2.05, 4.69) is 25.1 Å². The third-order valence-electron chi connectivity index (χ3n) is 6.94. The Labute approximate surface area is 131 Å². The minimum Gasteiger partial charge on any atom is -0.173 e. The maximum atomic E-state index is 13.5. The highest BCUT2D eigenvalue weighted by Crippen LogP contribution is 2.64. The summed E-state index contributed by atoms with van der Waals surface area (Å²) in [6, 6.07) is 9.58. The minimum atomic E-state index is -1.38. The molecular formula is C20H23F2. The number of allylic oxidation sites excluding steroid dienone is 1. The zero-order valence-electron chi connectivity index (χ0n) is 13.2. The van der Waals surface area contributed by atoms with Gasteiger partial charge in [0, 0.05) is 5.57 Å². The first kappa shape index (κ1) is 14.4. The summed E-state index contributed by atoms with van der Waals surface area (Å²) in [4.78, 5) is 0. The van der Waals surface area contributed by atoms with Crippen LogP contribution < -0.4 is 0 Å². The molecule has 0 aromatic heterocycles. The Morgan fingerprint density at radius 3 is 2.91 bits per heavy atom. The molecule has 117 valence electrons. The fourth-order valence-corrected chi connectivity index (χ4v) is 6.02. The Hall–Kier alpha value is -1.18. The van der Waals surface area contributed by atoms with Crippen LogP contribution in [0.3, 0.4) is 0 Å². The van der Waals surface area contributed by atoms with Gasteiger partial charge >= 0.3 is 0 Å². The first-order valence-corrected chi connectivity index (χ1v) is 8.71. The van der Waals surface area contributed by atoms with Crippen LogP contribution in [-0.4, -0.2) is 0 Å². The molecule has 0 N–H and O–H groups in total. The molecule has 1 aromatic carbocycles. The number of rotatable bonds is 1. The van der Waals surface area contributed by atoms with Gasteiger partial charge in [-0.05, 0) is 85.3 Å². The Morgan fingerprint density at radius 1 is 1.27 bits per heavy atom. The largest absolute Gasteiger partial charge is 0.270 e. The van der Waals surface area contributed by atoms with Crippen LogP contribution in [0.1, 0.15) is 62.5 Å². The van der Waals surface area contributed by atoms with Crippen molar-refractivity contribution in [1.82, 2.24) is 0 Å². The van der Waals surface area contributed by atoms with E-state index in [0.29, 0.717) is 29.7 Å². The van der Waals surface area contributed by atoms with Gasteiger partial charge in [-0.25, -0.2) is 0 Å². The molecule has 0 unspecified atom stereocenters. The molecule has 0 amide bonds. The molecule has 2 saturated carbocycles. The molecule has 0 saturated heterocycles. The molecule has 0 aliphatic heterocycles. The standard InChI is InChI=1S/C20H23F2/c1-2-20-12-11-15-14-6-4-3-5-13(14)7-8-16(15)17(20)9-10-18(20)19(21)22/h4-6,15-17H,2,7-12H2,1H3/t15-,16-,17+,20+/m1/s1. The summed E-state index contributed by atoms with van der Waals surface area (Å²) >= 11 is 0. The van der Waals surface area contributed by atoms with Crippen molar-refractivity contribution in [3.63, 3.8) is 0 Å². The van der Waals surface area contributed by atoms with Crippen LogP contribution in [0.25, 0.3) is 0 Å². The van der Waals surface area contributed by atoms with Gasteiger partial charge in [0.05, 0.1) is 0 Å². The van der Waals surface area contributed by atoms with Crippen LogP contribution in [0, 0.1) is 23.3 Å². The predicted octanol–water partition coefficient (Wildman–Crippen LogP) is 5.88. The molecule has 22 heavy (non-hydrogen) atoms. The number of fused-ring (bicyclic) bond motifs is 5. The summed E-state index contributed by atoms with van der Waals surface area (Å²) in [5.41, 5.74) is 3.24. The van der Waals surface area contributed by atoms with Gasteiger partial charge < -0.3 is 0 Å². The van der Waals surface area contributed by atoms with Gasteiger partial charge in [-0.3, -0.25) is 0 Å². The summed E-state index contributed by atoms with van der Waals surface area (Å²) in [6.07, 6.45) is 5.37. The van der Waals surface area contributed by atoms with Crippen molar-refractivity contribution in [2.45, 2.75) is 57.8 Å². The van der Waals surface area contributed by atoms with Crippen molar-refractivity contribution in [2.24, 2.45) is 17.3 Å². The third kappa shape index (κ3) is 1.85. The monoisotopic (exact) mass is 301 g/mol. The lowest BCUT2D eigenvalue weighted by Gasteiger charge is -2.50. The van der Waals surface area contributed by atoms with Gasteiger partial charge in [0.15, 0.2) is 0 Å². The Balaban J connectivity index is 1.74. The Bertz CT molecular complexity index is 614. The van der Waals surface area contributed by atoms with Crippen molar-refractivity contribution in [1.29, 1.82) is 0 Å². The summed E-state index contributed by atoms with van der Waals surface area (Å²) in [5.74, 6) is 1.65. The number of hydrogen-bond acceptors (Lipinski definition) is 0. The molecule has 1 aromatic rings. The third-order valence-corrected chi connectivity index (χ3v) is 6.94. The fraction of sp³-hybridized carbons (Fsp3) is 0.600. The highest BCUT2D eigenvalue weighted by Gasteiger charge is 2.55. The van der Waals surface area contributed by atoms with E-state index >= 15 is 0 Å². The molecule has 0 spiro atoms. The number of aryl methyl sites for hydroxylation is 1. The molecule has 2 heteroatoms. The highest BCUT2D eigenvalue weighted by molar-refractivity contribution is 5.36. The van der Waals surface area contributed by atoms with Crippen LogP contribution in [-0.2, 0) is 6.42 Å². The van der Waals surface area contributed by atoms with E-state index in [1.54, 1.807) is 0 Å².